The van der Waals surface area contributed by atoms with Crippen LogP contribution < -0.4 is 10.7 Å². The number of hydrogen-bond donors (Lipinski definition) is 1. The maximum Gasteiger partial charge on any atom is 0.417 e. The van der Waals surface area contributed by atoms with Crippen LogP contribution in [0, 0.1) is 0 Å². The molecule has 2 heterocycles. The second kappa shape index (κ2) is 5.93. The lowest BCUT2D eigenvalue weighted by Crippen LogP contribution is -2.50. The van der Waals surface area contributed by atoms with Gasteiger partial charge in [-0.2, -0.15) is 4.31 Å². The Morgan fingerprint density at radius 2 is 1.79 bits per heavy atom. The molecule has 0 radical (unpaired) electrons. The van der Waals surface area contributed by atoms with Gasteiger partial charge in [-0.15, -0.1) is 0 Å². The first kappa shape index (κ1) is 15.7. The van der Waals surface area contributed by atoms with Gasteiger partial charge >= 0.3 is 5.76 Å². The molecule has 2 aromatic rings. The minimum absolute atomic E-state index is 0.199. The summed E-state index contributed by atoms with van der Waals surface area (Å²) in [7, 11) is -3.18. The molecule has 0 amide bonds. The van der Waals surface area contributed by atoms with E-state index in [-0.39, 0.29) is 5.25 Å². The first-order valence-electron chi connectivity index (χ1n) is 8.41. The standard InChI is InChI=1S/C16H21N3O4S/c20-16-17-13-6-3-7-14(15(13)23-16)18-8-10-19(11-9-18)24(21,22)12-4-1-2-5-12/h3,6-7,12H,1-2,4-5,8-11H2,(H,17,20). The number of para-hydroxylation sites is 1. The van der Waals surface area contributed by atoms with E-state index in [9.17, 15) is 13.2 Å². The third-order valence-electron chi connectivity index (χ3n) is 5.09. The third-order valence-corrected chi connectivity index (χ3v) is 7.49. The first-order chi connectivity index (χ1) is 11.6. The molecule has 0 bridgehead atoms. The molecule has 0 atom stereocenters. The molecule has 1 saturated carbocycles. The highest BCUT2D eigenvalue weighted by Crippen LogP contribution is 2.30. The smallest absolute Gasteiger partial charge is 0.406 e. The van der Waals surface area contributed by atoms with Gasteiger partial charge in [-0.25, -0.2) is 13.2 Å². The number of fused-ring (bicyclic) bond motifs is 1. The molecule has 8 heteroatoms. The van der Waals surface area contributed by atoms with E-state index in [1.54, 1.807) is 10.4 Å². The van der Waals surface area contributed by atoms with Crippen LogP contribution in [0.25, 0.3) is 11.1 Å². The van der Waals surface area contributed by atoms with Crippen molar-refractivity contribution in [1.29, 1.82) is 0 Å². The van der Waals surface area contributed by atoms with E-state index in [1.165, 1.54) is 0 Å². The van der Waals surface area contributed by atoms with Crippen LogP contribution in [0.1, 0.15) is 25.7 Å². The molecule has 130 valence electrons. The van der Waals surface area contributed by atoms with Gasteiger partial charge in [0.05, 0.1) is 16.5 Å². The summed E-state index contributed by atoms with van der Waals surface area (Å²) in [5.74, 6) is -0.472. The first-order valence-corrected chi connectivity index (χ1v) is 9.92. The molecule has 1 aliphatic carbocycles. The lowest BCUT2D eigenvalue weighted by molar-refractivity contribution is 0.378. The molecule has 7 nitrogen and oxygen atoms in total. The van der Waals surface area contributed by atoms with Gasteiger partial charge in [0.25, 0.3) is 0 Å². The molecule has 1 aromatic heterocycles. The van der Waals surface area contributed by atoms with Crippen LogP contribution in [0.5, 0.6) is 0 Å². The van der Waals surface area contributed by atoms with Crippen LogP contribution in [0.3, 0.4) is 0 Å². The Balaban J connectivity index is 1.52. The van der Waals surface area contributed by atoms with Gasteiger partial charge in [0, 0.05) is 26.2 Å². The number of anilines is 1. The van der Waals surface area contributed by atoms with E-state index in [2.05, 4.69) is 9.88 Å². The van der Waals surface area contributed by atoms with E-state index < -0.39 is 15.8 Å². The number of aromatic nitrogens is 1. The number of H-pyrrole nitrogens is 1. The van der Waals surface area contributed by atoms with Crippen LogP contribution in [-0.2, 0) is 10.0 Å². The zero-order valence-electron chi connectivity index (χ0n) is 13.4. The lowest BCUT2D eigenvalue weighted by atomic mass is 10.2. The number of rotatable bonds is 3. The van der Waals surface area contributed by atoms with Gasteiger partial charge in [0.2, 0.25) is 10.0 Å². The van der Waals surface area contributed by atoms with Crippen LogP contribution in [0.2, 0.25) is 0 Å². The van der Waals surface area contributed by atoms with Crippen molar-refractivity contribution >= 4 is 26.8 Å². The number of oxazole rings is 1. The van der Waals surface area contributed by atoms with Gasteiger partial charge in [-0.05, 0) is 25.0 Å². The Morgan fingerprint density at radius 3 is 2.50 bits per heavy atom. The van der Waals surface area contributed by atoms with Gasteiger partial charge in [-0.1, -0.05) is 18.9 Å². The van der Waals surface area contributed by atoms with Crippen LogP contribution in [-0.4, -0.2) is 49.1 Å². The highest BCUT2D eigenvalue weighted by Gasteiger charge is 2.36. The number of nitrogens with one attached hydrogen (secondary N) is 1. The lowest BCUT2D eigenvalue weighted by Gasteiger charge is -2.36. The average molecular weight is 351 g/mol. The van der Waals surface area contributed by atoms with E-state index in [0.717, 1.165) is 31.4 Å². The fraction of sp³-hybridized carbons (Fsp3) is 0.562. The van der Waals surface area contributed by atoms with Crippen molar-refractivity contribution in [2.45, 2.75) is 30.9 Å². The Morgan fingerprint density at radius 1 is 1.08 bits per heavy atom. The summed E-state index contributed by atoms with van der Waals surface area (Å²) >= 11 is 0. The number of nitrogens with zero attached hydrogens (tertiary/aromatic N) is 2. The maximum atomic E-state index is 12.7. The van der Waals surface area contributed by atoms with Crippen LogP contribution >= 0.6 is 0 Å². The van der Waals surface area contributed by atoms with Gasteiger partial charge < -0.3 is 9.32 Å². The van der Waals surface area contributed by atoms with Crippen molar-refractivity contribution in [2.75, 3.05) is 31.1 Å². The van der Waals surface area contributed by atoms with Gasteiger partial charge in [0.1, 0.15) is 0 Å². The summed E-state index contributed by atoms with van der Waals surface area (Å²) in [5.41, 5.74) is 2.04. The van der Waals surface area contributed by atoms with Gasteiger partial charge in [-0.3, -0.25) is 4.98 Å². The van der Waals surface area contributed by atoms with E-state index in [4.69, 9.17) is 4.42 Å². The molecular formula is C16H21N3O4S. The summed E-state index contributed by atoms with van der Waals surface area (Å²) in [4.78, 5) is 16.2. The zero-order chi connectivity index (χ0) is 16.7. The molecule has 24 heavy (non-hydrogen) atoms. The second-order valence-electron chi connectivity index (χ2n) is 6.51. The Kier molecular flexibility index (Phi) is 3.88. The fourth-order valence-electron chi connectivity index (χ4n) is 3.79. The maximum absolute atomic E-state index is 12.7. The molecular weight excluding hydrogens is 330 g/mol. The van der Waals surface area contributed by atoms with Crippen molar-refractivity contribution in [3.8, 4) is 0 Å². The Bertz CT molecular complexity index is 887. The third kappa shape index (κ3) is 2.63. The van der Waals surface area contributed by atoms with Crippen LogP contribution in [0.4, 0.5) is 5.69 Å². The number of aromatic amines is 1. The topological polar surface area (TPSA) is 86.6 Å². The molecule has 1 N–H and O–H groups in total. The normalized spacial score (nSPS) is 20.9. The predicted octanol–water partition coefficient (Wildman–Crippen LogP) is 1.52. The molecule has 1 saturated heterocycles. The Labute approximate surface area is 140 Å². The summed E-state index contributed by atoms with van der Waals surface area (Å²) in [6.45, 7) is 2.15. The number of sulfonamides is 1. The van der Waals surface area contributed by atoms with Crippen molar-refractivity contribution in [3.05, 3.63) is 28.7 Å². The largest absolute Gasteiger partial charge is 0.417 e. The molecule has 0 spiro atoms. The highest BCUT2D eigenvalue weighted by molar-refractivity contribution is 7.89. The summed E-state index contributed by atoms with van der Waals surface area (Å²) in [6, 6.07) is 5.57. The minimum atomic E-state index is -3.18. The molecule has 1 aliphatic heterocycles. The molecule has 2 aliphatic rings. The summed E-state index contributed by atoms with van der Waals surface area (Å²) in [5, 5.41) is -0.199. The molecule has 1 aromatic carbocycles. The number of hydrogen-bond acceptors (Lipinski definition) is 5. The highest BCUT2D eigenvalue weighted by atomic mass is 32.2. The summed E-state index contributed by atoms with van der Waals surface area (Å²) < 4.78 is 32.3. The van der Waals surface area contributed by atoms with Gasteiger partial charge in [0.15, 0.2) is 5.58 Å². The average Bonchev–Trinajstić information content (AvgIpc) is 3.23. The van der Waals surface area contributed by atoms with E-state index >= 15 is 0 Å². The minimum Gasteiger partial charge on any atom is -0.406 e. The predicted molar refractivity (Wildman–Crippen MR) is 91.8 cm³/mol. The van der Waals surface area contributed by atoms with E-state index in [1.807, 2.05) is 12.1 Å². The summed E-state index contributed by atoms with van der Waals surface area (Å²) in [6.07, 6.45) is 3.60. The second-order valence-corrected chi connectivity index (χ2v) is 8.72. The molecule has 0 unspecified atom stereocenters. The molecule has 4 rings (SSSR count). The van der Waals surface area contributed by atoms with E-state index in [0.29, 0.717) is 37.3 Å². The van der Waals surface area contributed by atoms with Crippen LogP contribution in [0.15, 0.2) is 27.4 Å². The van der Waals surface area contributed by atoms with Crippen molar-refractivity contribution in [3.63, 3.8) is 0 Å². The monoisotopic (exact) mass is 351 g/mol. The Hall–Kier alpha value is -1.80. The fourth-order valence-corrected chi connectivity index (χ4v) is 5.81. The number of piperazine rings is 1. The van der Waals surface area contributed by atoms with Crippen molar-refractivity contribution in [2.24, 2.45) is 0 Å². The SMILES string of the molecule is O=c1[nH]c2cccc(N3CCN(S(=O)(=O)C4CCCC4)CC3)c2o1. The zero-order valence-corrected chi connectivity index (χ0v) is 14.2. The molecule has 2 fully saturated rings. The quantitative estimate of drug-likeness (QED) is 0.906. The van der Waals surface area contributed by atoms with Crippen molar-refractivity contribution in [1.82, 2.24) is 9.29 Å². The van der Waals surface area contributed by atoms with Crippen molar-refractivity contribution < 1.29 is 12.8 Å². The number of benzene rings is 1.